The minimum Gasteiger partial charge on any atom is -0.507 e. The highest BCUT2D eigenvalue weighted by molar-refractivity contribution is 5.41. The Bertz CT molecular complexity index is 543. The molecular formula is C16H20N2O2. The first-order chi connectivity index (χ1) is 9.70. The Morgan fingerprint density at radius 2 is 1.85 bits per heavy atom. The number of hydrogen-bond donors (Lipinski definition) is 3. The Balaban J connectivity index is 2.02. The molecule has 1 atom stereocenters. The van der Waals surface area contributed by atoms with Crippen LogP contribution in [0.2, 0.25) is 0 Å². The van der Waals surface area contributed by atoms with Crippen LogP contribution < -0.4 is 16.2 Å². The van der Waals surface area contributed by atoms with E-state index in [-0.39, 0.29) is 11.8 Å². The van der Waals surface area contributed by atoms with Crippen LogP contribution in [0.5, 0.6) is 11.5 Å². The monoisotopic (exact) mass is 272 g/mol. The molecule has 4 heteroatoms. The largest absolute Gasteiger partial charge is 0.507 e. The molecule has 4 nitrogen and oxygen atoms in total. The van der Waals surface area contributed by atoms with E-state index in [0.29, 0.717) is 30.9 Å². The van der Waals surface area contributed by atoms with Crippen LogP contribution in [0.3, 0.4) is 0 Å². The SMILES string of the molecule is NCC[C@@H](N)c1ccc(OCc2ccccc2)cc1O. The lowest BCUT2D eigenvalue weighted by Crippen LogP contribution is -2.15. The molecule has 0 radical (unpaired) electrons. The first-order valence-electron chi connectivity index (χ1n) is 6.66. The fraction of sp³-hybridized carbons (Fsp3) is 0.250. The molecule has 0 unspecified atom stereocenters. The van der Waals surface area contributed by atoms with Crippen LogP contribution >= 0.6 is 0 Å². The third kappa shape index (κ3) is 3.73. The minimum absolute atomic E-state index is 0.150. The van der Waals surface area contributed by atoms with Gasteiger partial charge >= 0.3 is 0 Å². The van der Waals surface area contributed by atoms with E-state index in [9.17, 15) is 5.11 Å². The van der Waals surface area contributed by atoms with E-state index in [1.54, 1.807) is 12.1 Å². The lowest BCUT2D eigenvalue weighted by atomic mass is 10.0. The Hall–Kier alpha value is -2.04. The number of hydrogen-bond acceptors (Lipinski definition) is 4. The van der Waals surface area contributed by atoms with Gasteiger partial charge in [-0.1, -0.05) is 36.4 Å². The molecule has 0 fully saturated rings. The van der Waals surface area contributed by atoms with Gasteiger partial charge in [-0.05, 0) is 24.6 Å². The average Bonchev–Trinajstić information content (AvgIpc) is 2.46. The summed E-state index contributed by atoms with van der Waals surface area (Å²) < 4.78 is 5.64. The van der Waals surface area contributed by atoms with E-state index in [0.717, 1.165) is 5.56 Å². The molecule has 0 aromatic heterocycles. The Morgan fingerprint density at radius 3 is 2.50 bits per heavy atom. The van der Waals surface area contributed by atoms with Crippen molar-refractivity contribution in [2.24, 2.45) is 11.5 Å². The molecule has 2 aromatic carbocycles. The lowest BCUT2D eigenvalue weighted by molar-refractivity contribution is 0.304. The number of phenols is 1. The third-order valence-electron chi connectivity index (χ3n) is 3.13. The van der Waals surface area contributed by atoms with Gasteiger partial charge in [-0.2, -0.15) is 0 Å². The second-order valence-electron chi connectivity index (χ2n) is 4.68. The number of nitrogens with two attached hydrogens (primary N) is 2. The smallest absolute Gasteiger partial charge is 0.124 e. The van der Waals surface area contributed by atoms with Crippen LogP contribution in [0, 0.1) is 0 Å². The summed E-state index contributed by atoms with van der Waals surface area (Å²) >= 11 is 0. The quantitative estimate of drug-likeness (QED) is 0.753. The maximum absolute atomic E-state index is 9.98. The van der Waals surface area contributed by atoms with Gasteiger partial charge in [0.2, 0.25) is 0 Å². The highest BCUT2D eigenvalue weighted by atomic mass is 16.5. The number of phenolic OH excluding ortho intramolecular Hbond substituents is 1. The molecule has 0 aliphatic heterocycles. The summed E-state index contributed by atoms with van der Waals surface area (Å²) in [6.45, 7) is 0.960. The first-order valence-corrected chi connectivity index (χ1v) is 6.66. The van der Waals surface area contributed by atoms with E-state index >= 15 is 0 Å². The predicted octanol–water partition coefficient (Wildman–Crippen LogP) is 2.32. The zero-order valence-corrected chi connectivity index (χ0v) is 11.3. The van der Waals surface area contributed by atoms with E-state index in [1.165, 1.54) is 0 Å². The van der Waals surface area contributed by atoms with Crippen molar-refractivity contribution in [1.82, 2.24) is 0 Å². The second kappa shape index (κ2) is 6.93. The fourth-order valence-electron chi connectivity index (χ4n) is 2.00. The molecule has 2 aromatic rings. The van der Waals surface area contributed by atoms with Crippen molar-refractivity contribution in [2.75, 3.05) is 6.54 Å². The molecule has 106 valence electrons. The van der Waals surface area contributed by atoms with Gasteiger partial charge in [0.15, 0.2) is 0 Å². The van der Waals surface area contributed by atoms with Gasteiger partial charge in [-0.25, -0.2) is 0 Å². The van der Waals surface area contributed by atoms with E-state index in [2.05, 4.69) is 0 Å². The molecule has 0 aliphatic carbocycles. The van der Waals surface area contributed by atoms with Crippen molar-refractivity contribution in [3.05, 3.63) is 59.7 Å². The summed E-state index contributed by atoms with van der Waals surface area (Å²) in [6, 6.07) is 14.8. The third-order valence-corrected chi connectivity index (χ3v) is 3.13. The normalized spacial score (nSPS) is 12.1. The number of benzene rings is 2. The molecule has 0 amide bonds. The van der Waals surface area contributed by atoms with E-state index < -0.39 is 0 Å². The highest BCUT2D eigenvalue weighted by Gasteiger charge is 2.11. The Labute approximate surface area is 119 Å². The Morgan fingerprint density at radius 1 is 1.10 bits per heavy atom. The van der Waals surface area contributed by atoms with Crippen LogP contribution in [-0.4, -0.2) is 11.7 Å². The van der Waals surface area contributed by atoms with Crippen LogP contribution in [0.25, 0.3) is 0 Å². The topological polar surface area (TPSA) is 81.5 Å². The molecule has 0 heterocycles. The van der Waals surface area contributed by atoms with Gasteiger partial charge < -0.3 is 21.3 Å². The van der Waals surface area contributed by atoms with Gasteiger partial charge in [0.05, 0.1) is 0 Å². The maximum atomic E-state index is 9.98. The van der Waals surface area contributed by atoms with Crippen LogP contribution in [0.4, 0.5) is 0 Å². The van der Waals surface area contributed by atoms with Crippen LogP contribution in [0.1, 0.15) is 23.6 Å². The van der Waals surface area contributed by atoms with E-state index in [1.807, 2.05) is 36.4 Å². The lowest BCUT2D eigenvalue weighted by Gasteiger charge is -2.14. The van der Waals surface area contributed by atoms with Crippen molar-refractivity contribution in [3.63, 3.8) is 0 Å². The van der Waals surface area contributed by atoms with Crippen molar-refractivity contribution in [2.45, 2.75) is 19.1 Å². The molecule has 0 saturated carbocycles. The maximum Gasteiger partial charge on any atom is 0.124 e. The van der Waals surface area contributed by atoms with Gasteiger partial charge in [-0.15, -0.1) is 0 Å². The molecule has 5 N–H and O–H groups in total. The van der Waals surface area contributed by atoms with Crippen molar-refractivity contribution >= 4 is 0 Å². The van der Waals surface area contributed by atoms with E-state index in [4.69, 9.17) is 16.2 Å². The number of ether oxygens (including phenoxy) is 1. The molecule has 0 spiro atoms. The van der Waals surface area contributed by atoms with Gasteiger partial charge in [0.1, 0.15) is 18.1 Å². The van der Waals surface area contributed by atoms with Gasteiger partial charge in [-0.3, -0.25) is 0 Å². The Kier molecular flexibility index (Phi) is 4.98. The van der Waals surface area contributed by atoms with Gasteiger partial charge in [0.25, 0.3) is 0 Å². The minimum atomic E-state index is -0.247. The highest BCUT2D eigenvalue weighted by Crippen LogP contribution is 2.29. The summed E-state index contributed by atoms with van der Waals surface area (Å²) in [5, 5.41) is 9.98. The van der Waals surface area contributed by atoms with Crippen molar-refractivity contribution in [1.29, 1.82) is 0 Å². The summed E-state index contributed by atoms with van der Waals surface area (Å²) in [5.41, 5.74) is 13.2. The molecule has 20 heavy (non-hydrogen) atoms. The average molecular weight is 272 g/mol. The number of rotatable bonds is 6. The van der Waals surface area contributed by atoms with Gasteiger partial charge in [0, 0.05) is 17.7 Å². The van der Waals surface area contributed by atoms with Crippen LogP contribution in [0.15, 0.2) is 48.5 Å². The van der Waals surface area contributed by atoms with Crippen LogP contribution in [-0.2, 0) is 6.61 Å². The summed E-state index contributed by atoms with van der Waals surface area (Å²) in [6.07, 6.45) is 0.637. The zero-order chi connectivity index (χ0) is 14.4. The molecular weight excluding hydrogens is 252 g/mol. The molecule has 0 aliphatic rings. The summed E-state index contributed by atoms with van der Waals surface area (Å²) in [4.78, 5) is 0. The zero-order valence-electron chi connectivity index (χ0n) is 11.3. The second-order valence-corrected chi connectivity index (χ2v) is 4.68. The molecule has 0 saturated heterocycles. The fourth-order valence-corrected chi connectivity index (χ4v) is 2.00. The van der Waals surface area contributed by atoms with Crippen molar-refractivity contribution in [3.8, 4) is 11.5 Å². The molecule has 0 bridgehead atoms. The summed E-state index contributed by atoms with van der Waals surface area (Å²) in [5.74, 6) is 0.770. The standard InChI is InChI=1S/C16H20N2O2/c17-9-8-15(18)14-7-6-13(10-16(14)19)20-11-12-4-2-1-3-5-12/h1-7,10,15,19H,8-9,11,17-18H2/t15-/m1/s1. The summed E-state index contributed by atoms with van der Waals surface area (Å²) in [7, 11) is 0. The number of aromatic hydroxyl groups is 1. The predicted molar refractivity (Wildman–Crippen MR) is 79.5 cm³/mol. The molecule has 2 rings (SSSR count). The first kappa shape index (κ1) is 14.4. The van der Waals surface area contributed by atoms with Crippen molar-refractivity contribution < 1.29 is 9.84 Å².